The van der Waals surface area contributed by atoms with Crippen molar-refractivity contribution in [3.63, 3.8) is 0 Å². The van der Waals surface area contributed by atoms with Gasteiger partial charge < -0.3 is 11.1 Å². The lowest BCUT2D eigenvalue weighted by Gasteiger charge is -2.03. The first-order chi connectivity index (χ1) is 7.78. The van der Waals surface area contributed by atoms with Crippen LogP contribution >= 0.6 is 11.3 Å². The highest BCUT2D eigenvalue weighted by molar-refractivity contribution is 7.13. The summed E-state index contributed by atoms with van der Waals surface area (Å²) in [5, 5.41) is 14.4. The molecule has 1 aromatic carbocycles. The fourth-order valence-corrected chi connectivity index (χ4v) is 1.82. The summed E-state index contributed by atoms with van der Waals surface area (Å²) in [5.74, 6) is 0. The lowest BCUT2D eigenvalue weighted by molar-refractivity contribution is 1.08. The molecule has 0 aliphatic rings. The van der Waals surface area contributed by atoms with E-state index < -0.39 is 0 Å². The summed E-state index contributed by atoms with van der Waals surface area (Å²) < 4.78 is 0. The number of rotatable bonds is 3. The van der Waals surface area contributed by atoms with Crippen molar-refractivity contribution >= 4 is 22.2 Å². The maximum atomic E-state index is 8.65. The molecule has 0 radical (unpaired) electrons. The summed E-state index contributed by atoms with van der Waals surface area (Å²) in [7, 11) is 0. The first kappa shape index (κ1) is 10.5. The van der Waals surface area contributed by atoms with E-state index >= 15 is 0 Å². The van der Waals surface area contributed by atoms with E-state index in [1.807, 2.05) is 17.5 Å². The van der Waals surface area contributed by atoms with E-state index in [1.165, 1.54) is 11.3 Å². The Balaban J connectivity index is 1.97. The van der Waals surface area contributed by atoms with Gasteiger partial charge in [-0.25, -0.2) is 4.98 Å². The molecule has 0 amide bonds. The highest BCUT2D eigenvalue weighted by atomic mass is 32.1. The SMILES string of the molecule is N#Cc1ccc(NCc2csc(N)n2)cc1. The van der Waals surface area contributed by atoms with Crippen LogP contribution in [0.4, 0.5) is 10.8 Å². The van der Waals surface area contributed by atoms with Crippen LogP contribution in [-0.2, 0) is 6.54 Å². The first-order valence-electron chi connectivity index (χ1n) is 4.72. The van der Waals surface area contributed by atoms with Gasteiger partial charge in [-0.15, -0.1) is 11.3 Å². The van der Waals surface area contributed by atoms with E-state index in [1.54, 1.807) is 12.1 Å². The van der Waals surface area contributed by atoms with E-state index in [2.05, 4.69) is 16.4 Å². The quantitative estimate of drug-likeness (QED) is 0.847. The fraction of sp³-hybridized carbons (Fsp3) is 0.0909. The largest absolute Gasteiger partial charge is 0.379 e. The molecule has 3 N–H and O–H groups in total. The van der Waals surface area contributed by atoms with Crippen LogP contribution in [0.15, 0.2) is 29.6 Å². The second-order valence-corrected chi connectivity index (χ2v) is 4.11. The van der Waals surface area contributed by atoms with E-state index in [-0.39, 0.29) is 0 Å². The maximum absolute atomic E-state index is 8.65. The lowest BCUT2D eigenvalue weighted by Crippen LogP contribution is -1.99. The number of nitrogen functional groups attached to an aromatic ring is 1. The van der Waals surface area contributed by atoms with Crippen molar-refractivity contribution < 1.29 is 0 Å². The van der Waals surface area contributed by atoms with Gasteiger partial charge in [-0.1, -0.05) is 0 Å². The van der Waals surface area contributed by atoms with Crippen LogP contribution in [0.1, 0.15) is 11.3 Å². The standard InChI is InChI=1S/C11H10N4S/c12-5-8-1-3-9(4-2-8)14-6-10-7-16-11(13)15-10/h1-4,7,14H,6H2,(H2,13,15). The molecule has 0 saturated carbocycles. The topological polar surface area (TPSA) is 74.7 Å². The van der Waals surface area contributed by atoms with Gasteiger partial charge in [0.05, 0.1) is 23.9 Å². The normalized spacial score (nSPS) is 9.69. The third-order valence-corrected chi connectivity index (χ3v) is 2.78. The number of nitrogens with two attached hydrogens (primary N) is 1. The number of hydrogen-bond acceptors (Lipinski definition) is 5. The van der Waals surface area contributed by atoms with Gasteiger partial charge in [0, 0.05) is 11.1 Å². The van der Waals surface area contributed by atoms with Crippen molar-refractivity contribution in [3.8, 4) is 6.07 Å². The molecule has 80 valence electrons. The average molecular weight is 230 g/mol. The highest BCUT2D eigenvalue weighted by Gasteiger charge is 1.98. The van der Waals surface area contributed by atoms with E-state index in [9.17, 15) is 0 Å². The van der Waals surface area contributed by atoms with Crippen molar-refractivity contribution in [3.05, 3.63) is 40.9 Å². The van der Waals surface area contributed by atoms with Crippen LogP contribution in [0.5, 0.6) is 0 Å². The molecule has 0 aliphatic heterocycles. The molecule has 0 bridgehead atoms. The summed E-state index contributed by atoms with van der Waals surface area (Å²) >= 11 is 1.43. The summed E-state index contributed by atoms with van der Waals surface area (Å²) in [5.41, 5.74) is 8.07. The zero-order valence-corrected chi connectivity index (χ0v) is 9.29. The summed E-state index contributed by atoms with van der Waals surface area (Å²) in [6.07, 6.45) is 0. The minimum Gasteiger partial charge on any atom is -0.379 e. The Morgan fingerprint density at radius 1 is 1.38 bits per heavy atom. The number of benzene rings is 1. The van der Waals surface area contributed by atoms with Crippen LogP contribution in [0, 0.1) is 11.3 Å². The van der Waals surface area contributed by atoms with Gasteiger partial charge in [-0.05, 0) is 24.3 Å². The first-order valence-corrected chi connectivity index (χ1v) is 5.60. The van der Waals surface area contributed by atoms with Crippen LogP contribution in [0.2, 0.25) is 0 Å². The Bertz CT molecular complexity index is 510. The molecule has 0 fully saturated rings. The molecule has 16 heavy (non-hydrogen) atoms. The Morgan fingerprint density at radius 3 is 2.69 bits per heavy atom. The van der Waals surface area contributed by atoms with Crippen molar-refractivity contribution in [1.82, 2.24) is 4.98 Å². The van der Waals surface area contributed by atoms with Gasteiger partial charge in [0.25, 0.3) is 0 Å². The van der Waals surface area contributed by atoms with Crippen LogP contribution in [0.3, 0.4) is 0 Å². The van der Waals surface area contributed by atoms with Crippen LogP contribution < -0.4 is 11.1 Å². The molecule has 2 rings (SSSR count). The van der Waals surface area contributed by atoms with Crippen LogP contribution in [-0.4, -0.2) is 4.98 Å². The zero-order valence-electron chi connectivity index (χ0n) is 8.47. The molecule has 0 spiro atoms. The molecule has 0 saturated heterocycles. The number of nitrogens with zero attached hydrogens (tertiary/aromatic N) is 2. The van der Waals surface area contributed by atoms with Crippen molar-refractivity contribution in [1.29, 1.82) is 5.26 Å². The second kappa shape index (κ2) is 4.64. The van der Waals surface area contributed by atoms with E-state index in [0.717, 1.165) is 11.4 Å². The van der Waals surface area contributed by atoms with E-state index in [4.69, 9.17) is 11.0 Å². The van der Waals surface area contributed by atoms with Gasteiger partial charge >= 0.3 is 0 Å². The number of aromatic nitrogens is 1. The number of nitriles is 1. The molecule has 4 nitrogen and oxygen atoms in total. The van der Waals surface area contributed by atoms with E-state index in [0.29, 0.717) is 17.2 Å². The summed E-state index contributed by atoms with van der Waals surface area (Å²) in [6, 6.07) is 9.37. The predicted molar refractivity (Wildman–Crippen MR) is 65.0 cm³/mol. The average Bonchev–Trinajstić information content (AvgIpc) is 2.73. The Labute approximate surface area is 97.4 Å². The Kier molecular flexibility index (Phi) is 3.03. The number of thiazole rings is 1. The lowest BCUT2D eigenvalue weighted by atomic mass is 10.2. The van der Waals surface area contributed by atoms with Gasteiger partial charge in [0.1, 0.15) is 0 Å². The molecule has 1 aromatic heterocycles. The van der Waals surface area contributed by atoms with Crippen molar-refractivity contribution in [2.24, 2.45) is 0 Å². The Morgan fingerprint density at radius 2 is 2.12 bits per heavy atom. The molecular weight excluding hydrogens is 220 g/mol. The minimum absolute atomic E-state index is 0.580. The molecule has 0 atom stereocenters. The molecular formula is C11H10N4S. The smallest absolute Gasteiger partial charge is 0.180 e. The minimum atomic E-state index is 0.580. The zero-order chi connectivity index (χ0) is 11.4. The number of hydrogen-bond donors (Lipinski definition) is 2. The van der Waals surface area contributed by atoms with Gasteiger partial charge in [-0.2, -0.15) is 5.26 Å². The summed E-state index contributed by atoms with van der Waals surface area (Å²) in [4.78, 5) is 4.14. The Hall–Kier alpha value is -2.06. The molecule has 0 aliphatic carbocycles. The van der Waals surface area contributed by atoms with Crippen molar-refractivity contribution in [2.45, 2.75) is 6.54 Å². The highest BCUT2D eigenvalue weighted by Crippen LogP contribution is 2.14. The van der Waals surface area contributed by atoms with Gasteiger partial charge in [-0.3, -0.25) is 0 Å². The van der Waals surface area contributed by atoms with Crippen LogP contribution in [0.25, 0.3) is 0 Å². The predicted octanol–water partition coefficient (Wildman–Crippen LogP) is 2.21. The molecule has 2 aromatic rings. The third kappa shape index (κ3) is 2.49. The number of anilines is 2. The van der Waals surface area contributed by atoms with Gasteiger partial charge in [0.15, 0.2) is 5.13 Å². The monoisotopic (exact) mass is 230 g/mol. The maximum Gasteiger partial charge on any atom is 0.180 e. The second-order valence-electron chi connectivity index (χ2n) is 3.22. The fourth-order valence-electron chi connectivity index (χ4n) is 1.26. The molecule has 5 heteroatoms. The molecule has 1 heterocycles. The van der Waals surface area contributed by atoms with Gasteiger partial charge in [0.2, 0.25) is 0 Å². The molecule has 0 unspecified atom stereocenters. The van der Waals surface area contributed by atoms with Crippen molar-refractivity contribution in [2.75, 3.05) is 11.1 Å². The third-order valence-electron chi connectivity index (χ3n) is 2.06. The summed E-state index contributed by atoms with van der Waals surface area (Å²) in [6.45, 7) is 0.638. The number of nitrogens with one attached hydrogen (secondary N) is 1.